The molecule has 0 spiro atoms. The van der Waals surface area contributed by atoms with E-state index < -0.39 is 23.0 Å². The third kappa shape index (κ3) is 4.69. The van der Waals surface area contributed by atoms with Crippen LogP contribution >= 0.6 is 0 Å². The molecule has 4 N–H and O–H groups in total. The highest BCUT2D eigenvalue weighted by Gasteiger charge is 2.43. The number of carbonyl (C=O) groups is 3. The van der Waals surface area contributed by atoms with E-state index in [-0.39, 0.29) is 19.1 Å². The van der Waals surface area contributed by atoms with Gasteiger partial charge in [0.2, 0.25) is 5.91 Å². The third-order valence-electron chi connectivity index (χ3n) is 2.94. The maximum Gasteiger partial charge on any atom is 0.329 e. The first-order valence-electron chi connectivity index (χ1n) is 6.24. The Labute approximate surface area is 117 Å². The van der Waals surface area contributed by atoms with Crippen LogP contribution in [0.5, 0.6) is 0 Å². The first kappa shape index (κ1) is 16.2. The number of rotatable bonds is 6. The number of primary amides is 1. The molecular formula is C12H21N3O5. The van der Waals surface area contributed by atoms with Gasteiger partial charge in [0.05, 0.1) is 13.1 Å². The van der Waals surface area contributed by atoms with Crippen molar-refractivity contribution in [2.24, 2.45) is 5.73 Å². The van der Waals surface area contributed by atoms with E-state index >= 15 is 0 Å². The zero-order valence-electron chi connectivity index (χ0n) is 11.9. The van der Waals surface area contributed by atoms with E-state index in [9.17, 15) is 14.4 Å². The molecule has 0 saturated carbocycles. The molecule has 0 atom stereocenters. The Morgan fingerprint density at radius 2 is 1.95 bits per heavy atom. The summed E-state index contributed by atoms with van der Waals surface area (Å²) in [7, 11) is 0. The summed E-state index contributed by atoms with van der Waals surface area (Å²) in [6.07, 6.45) is 0.0410. The van der Waals surface area contributed by atoms with Crippen molar-refractivity contribution in [1.82, 2.24) is 10.2 Å². The minimum atomic E-state index is -1.04. The molecule has 20 heavy (non-hydrogen) atoms. The van der Waals surface area contributed by atoms with Gasteiger partial charge in [-0.3, -0.25) is 4.79 Å². The first-order valence-corrected chi connectivity index (χ1v) is 6.24. The Balaban J connectivity index is 2.41. The van der Waals surface area contributed by atoms with Gasteiger partial charge in [0.15, 0.2) is 0 Å². The number of amides is 3. The number of ether oxygens (including phenoxy) is 1. The Hall–Kier alpha value is -1.83. The summed E-state index contributed by atoms with van der Waals surface area (Å²) < 4.78 is 5.21. The van der Waals surface area contributed by atoms with Crippen molar-refractivity contribution in [1.29, 1.82) is 0 Å². The van der Waals surface area contributed by atoms with Gasteiger partial charge in [-0.2, -0.15) is 0 Å². The van der Waals surface area contributed by atoms with Crippen LogP contribution in [0.15, 0.2) is 0 Å². The minimum absolute atomic E-state index is 0.0410. The van der Waals surface area contributed by atoms with Gasteiger partial charge in [-0.25, -0.2) is 9.59 Å². The summed E-state index contributed by atoms with van der Waals surface area (Å²) in [5.74, 6) is -1.54. The van der Waals surface area contributed by atoms with Crippen LogP contribution in [0.3, 0.4) is 0 Å². The molecule has 1 heterocycles. The molecule has 3 amide bonds. The lowest BCUT2D eigenvalue weighted by atomic mass is 9.96. The fraction of sp³-hybridized carbons (Fsp3) is 0.750. The van der Waals surface area contributed by atoms with E-state index in [1.807, 2.05) is 0 Å². The van der Waals surface area contributed by atoms with Crippen molar-refractivity contribution in [2.45, 2.75) is 38.3 Å². The second-order valence-corrected chi connectivity index (χ2v) is 5.95. The monoisotopic (exact) mass is 287 g/mol. The first-order chi connectivity index (χ1) is 9.03. The van der Waals surface area contributed by atoms with Crippen molar-refractivity contribution in [3.8, 4) is 0 Å². The van der Waals surface area contributed by atoms with E-state index in [0.717, 1.165) is 0 Å². The molecule has 0 aromatic heterocycles. The van der Waals surface area contributed by atoms with Gasteiger partial charge in [0, 0.05) is 12.0 Å². The number of urea groups is 1. The number of nitrogens with zero attached hydrogens (tertiary/aromatic N) is 1. The normalized spacial score (nSPS) is 17.2. The number of hydrogen-bond donors (Lipinski definition) is 3. The van der Waals surface area contributed by atoms with Crippen LogP contribution in [0.1, 0.15) is 27.2 Å². The summed E-state index contributed by atoms with van der Waals surface area (Å²) in [6, 6.07) is -0.326. The van der Waals surface area contributed by atoms with Gasteiger partial charge in [-0.1, -0.05) is 0 Å². The molecule has 114 valence electrons. The number of nitrogens with two attached hydrogens (primary N) is 1. The number of carboxylic acids is 1. The molecule has 0 unspecified atom stereocenters. The van der Waals surface area contributed by atoms with Gasteiger partial charge < -0.3 is 25.8 Å². The lowest BCUT2D eigenvalue weighted by Crippen LogP contribution is -2.67. The molecule has 1 aliphatic heterocycles. The van der Waals surface area contributed by atoms with E-state index in [4.69, 9.17) is 15.6 Å². The average Bonchev–Trinajstić information content (AvgIpc) is 2.19. The molecule has 0 aliphatic carbocycles. The van der Waals surface area contributed by atoms with Gasteiger partial charge in [0.1, 0.15) is 12.2 Å². The molecule has 1 saturated heterocycles. The summed E-state index contributed by atoms with van der Waals surface area (Å²) in [5.41, 5.74) is 3.75. The Kier molecular flexibility index (Phi) is 4.59. The molecule has 0 bridgehead atoms. The fourth-order valence-electron chi connectivity index (χ4n) is 2.08. The number of carbonyl (C=O) groups excluding carboxylic acids is 2. The van der Waals surface area contributed by atoms with Gasteiger partial charge in [-0.05, 0) is 20.8 Å². The summed E-state index contributed by atoms with van der Waals surface area (Å²) >= 11 is 0. The molecular weight excluding hydrogens is 266 g/mol. The zero-order valence-corrected chi connectivity index (χ0v) is 11.9. The maximum absolute atomic E-state index is 11.9. The van der Waals surface area contributed by atoms with E-state index in [0.29, 0.717) is 13.1 Å². The van der Waals surface area contributed by atoms with Crippen LogP contribution < -0.4 is 11.1 Å². The molecule has 0 radical (unpaired) electrons. The van der Waals surface area contributed by atoms with Crippen molar-refractivity contribution in [3.63, 3.8) is 0 Å². The Morgan fingerprint density at radius 3 is 2.40 bits per heavy atom. The Morgan fingerprint density at radius 1 is 1.40 bits per heavy atom. The second kappa shape index (κ2) is 5.66. The largest absolute Gasteiger partial charge is 0.480 e. The van der Waals surface area contributed by atoms with Crippen LogP contribution in [0.25, 0.3) is 0 Å². The predicted octanol–water partition coefficient (Wildman–Crippen LogP) is -0.474. The quantitative estimate of drug-likeness (QED) is 0.609. The Bertz CT molecular complexity index is 415. The summed E-state index contributed by atoms with van der Waals surface area (Å²) in [5, 5.41) is 11.3. The third-order valence-corrected chi connectivity index (χ3v) is 2.94. The lowest BCUT2D eigenvalue weighted by Gasteiger charge is -2.47. The number of carboxylic acid groups (broad SMARTS) is 1. The van der Waals surface area contributed by atoms with Crippen molar-refractivity contribution >= 4 is 17.9 Å². The molecule has 1 fully saturated rings. The number of hydrogen-bond acceptors (Lipinski definition) is 4. The number of aliphatic carboxylic acids is 1. The van der Waals surface area contributed by atoms with Crippen molar-refractivity contribution < 1.29 is 24.2 Å². The molecule has 1 aliphatic rings. The van der Waals surface area contributed by atoms with Gasteiger partial charge in [-0.15, -0.1) is 0 Å². The summed E-state index contributed by atoms with van der Waals surface area (Å²) in [6.45, 7) is 5.37. The molecule has 1 rings (SSSR count). The van der Waals surface area contributed by atoms with Crippen LogP contribution in [-0.4, -0.2) is 58.8 Å². The zero-order chi connectivity index (χ0) is 15.6. The standard InChI is InChI=1S/C12H21N3O5/c1-11(2,4-8(13)16)14-10(19)15-6-12(3,7-15)20-5-9(17)18/h4-7H2,1-3H3,(H2,13,16)(H,14,19)(H,17,18). The molecule has 8 heteroatoms. The number of nitrogens with one attached hydrogen (secondary N) is 1. The van der Waals surface area contributed by atoms with E-state index in [1.54, 1.807) is 20.8 Å². The van der Waals surface area contributed by atoms with Crippen molar-refractivity contribution in [2.75, 3.05) is 19.7 Å². The second-order valence-electron chi connectivity index (χ2n) is 5.95. The summed E-state index contributed by atoms with van der Waals surface area (Å²) in [4.78, 5) is 34.7. The van der Waals surface area contributed by atoms with Gasteiger partial charge >= 0.3 is 12.0 Å². The highest BCUT2D eigenvalue weighted by Crippen LogP contribution is 2.25. The van der Waals surface area contributed by atoms with Crippen LogP contribution in [0.2, 0.25) is 0 Å². The SMILES string of the molecule is CC(C)(CC(N)=O)NC(=O)N1CC(C)(OCC(=O)O)C1. The minimum Gasteiger partial charge on any atom is -0.480 e. The smallest absolute Gasteiger partial charge is 0.329 e. The predicted molar refractivity (Wildman–Crippen MR) is 70.0 cm³/mol. The fourth-order valence-corrected chi connectivity index (χ4v) is 2.08. The average molecular weight is 287 g/mol. The van der Waals surface area contributed by atoms with Crippen LogP contribution in [0, 0.1) is 0 Å². The van der Waals surface area contributed by atoms with E-state index in [2.05, 4.69) is 5.32 Å². The highest BCUT2D eigenvalue weighted by atomic mass is 16.5. The highest BCUT2D eigenvalue weighted by molar-refractivity contribution is 5.79. The van der Waals surface area contributed by atoms with E-state index in [1.165, 1.54) is 4.90 Å². The van der Waals surface area contributed by atoms with Crippen LogP contribution in [-0.2, 0) is 14.3 Å². The van der Waals surface area contributed by atoms with Crippen LogP contribution in [0.4, 0.5) is 4.79 Å². The van der Waals surface area contributed by atoms with Gasteiger partial charge in [0.25, 0.3) is 0 Å². The molecule has 0 aromatic carbocycles. The number of likely N-dealkylation sites (tertiary alicyclic amines) is 1. The molecule has 8 nitrogen and oxygen atoms in total. The van der Waals surface area contributed by atoms with Crippen molar-refractivity contribution in [3.05, 3.63) is 0 Å². The topological polar surface area (TPSA) is 122 Å². The maximum atomic E-state index is 11.9. The lowest BCUT2D eigenvalue weighted by molar-refractivity contribution is -0.159. The molecule has 0 aromatic rings.